The number of piperazine rings is 1. The minimum absolute atomic E-state index is 0.00636. The lowest BCUT2D eigenvalue weighted by Crippen LogP contribution is -2.46. The predicted octanol–water partition coefficient (Wildman–Crippen LogP) is 5.45. The second-order valence-corrected chi connectivity index (χ2v) is 11.9. The number of carbonyl (C=O) groups is 5. The first-order valence-electron chi connectivity index (χ1n) is 15.6. The number of nitrogens with zero attached hydrogens (tertiary/aromatic N) is 4. The van der Waals surface area contributed by atoms with E-state index in [1.54, 1.807) is 12.4 Å². The number of carbonyl (C=O) groups excluding carboxylic acids is 5. The predicted molar refractivity (Wildman–Crippen MR) is 174 cm³/mol. The Labute approximate surface area is 316 Å². The van der Waals surface area contributed by atoms with E-state index in [1.165, 1.54) is 0 Å². The van der Waals surface area contributed by atoms with Crippen LogP contribution in [0.5, 0.6) is 0 Å². The fourth-order valence-electron chi connectivity index (χ4n) is 4.53. The third-order valence-electron chi connectivity index (χ3n) is 7.14. The van der Waals surface area contributed by atoms with Gasteiger partial charge in [0, 0.05) is 43.8 Å². The minimum Gasteiger partial charge on any atom is -0.339 e. The number of fused-ring (bicyclic) bond motifs is 6. The third-order valence-corrected chi connectivity index (χ3v) is 7.42. The average molecular weight is 853 g/mol. The molecule has 1 saturated heterocycles. The quantitative estimate of drug-likeness (QED) is 0.189. The van der Waals surface area contributed by atoms with E-state index < -0.39 is 47.8 Å². The summed E-state index contributed by atoms with van der Waals surface area (Å²) in [6.07, 6.45) is -16.4. The van der Waals surface area contributed by atoms with Crippen LogP contribution in [0.25, 0.3) is 0 Å². The monoisotopic (exact) mass is 852 g/mol. The lowest BCUT2D eigenvalue weighted by molar-refractivity contribution is -0.193. The summed E-state index contributed by atoms with van der Waals surface area (Å²) < 4.78 is 134. The zero-order chi connectivity index (χ0) is 42.9. The fraction of sp³-hybridized carbons (Fsp3) is 0.355. The number of anilines is 5. The summed E-state index contributed by atoms with van der Waals surface area (Å²) in [5.74, 6) is -12.7. The van der Waals surface area contributed by atoms with Crippen molar-refractivity contribution in [2.75, 3.05) is 48.7 Å². The average Bonchev–Trinajstić information content (AvgIpc) is 3.11. The Bertz CT molecular complexity index is 1870. The molecule has 0 radical (unpaired) electrons. The Balaban J connectivity index is 0.000000300. The number of nitrogens with one attached hydrogen (secondary N) is 4. The molecule has 4 N–H and O–H groups in total. The maximum atomic E-state index is 12.7. The summed E-state index contributed by atoms with van der Waals surface area (Å²) in [7, 11) is 0. The van der Waals surface area contributed by atoms with Crippen LogP contribution < -0.4 is 21.3 Å². The number of halogens is 13. The third kappa shape index (κ3) is 14.2. The van der Waals surface area contributed by atoms with Crippen LogP contribution in [0, 0.1) is 0 Å². The van der Waals surface area contributed by atoms with Crippen molar-refractivity contribution in [2.24, 2.45) is 0 Å². The molecule has 5 rings (SSSR count). The molecule has 0 saturated carbocycles. The molecule has 0 atom stereocenters. The molecule has 3 aromatic rings. The van der Waals surface area contributed by atoms with Crippen LogP contribution in [0.3, 0.4) is 0 Å². The van der Waals surface area contributed by atoms with Gasteiger partial charge >= 0.3 is 47.8 Å². The SMILES string of the molecule is O=C(C(=O)C(F)(F)F)C(F)(F)F.O=C(C(=O)C(F)(F)F)C(F)(F)F.O=C(CN1CCNCC1)Nc1ccc2cc1CCc1cncc(c1)Nc1ncc(Cl)c(n1)N2. The molecular formula is C31H25ClF12N8O5. The number of rotatable bonds is 5. The molecular weight excluding hydrogens is 828 g/mol. The number of hydrogen-bond acceptors (Lipinski definition) is 12. The maximum Gasteiger partial charge on any atom is 0.458 e. The van der Waals surface area contributed by atoms with E-state index in [4.69, 9.17) is 11.6 Å². The minimum atomic E-state index is -5.77. The summed E-state index contributed by atoms with van der Waals surface area (Å²) in [6.45, 7) is 3.96. The van der Waals surface area contributed by atoms with Crippen molar-refractivity contribution in [1.29, 1.82) is 0 Å². The molecule has 0 spiro atoms. The molecule has 4 heterocycles. The summed E-state index contributed by atoms with van der Waals surface area (Å²) in [5, 5.41) is 13.3. The molecule has 57 heavy (non-hydrogen) atoms. The Morgan fingerprint density at radius 1 is 0.702 bits per heavy atom. The number of aromatic nitrogens is 3. The number of benzene rings is 1. The Morgan fingerprint density at radius 2 is 1.25 bits per heavy atom. The van der Waals surface area contributed by atoms with Crippen LogP contribution in [-0.4, -0.2) is 106 Å². The highest BCUT2D eigenvalue weighted by atomic mass is 35.5. The summed E-state index contributed by atoms with van der Waals surface area (Å²) in [5.41, 5.74) is 4.55. The van der Waals surface area contributed by atoms with E-state index in [9.17, 15) is 76.7 Å². The first-order valence-corrected chi connectivity index (χ1v) is 15.9. The van der Waals surface area contributed by atoms with E-state index in [1.807, 2.05) is 30.5 Å². The molecule has 2 aromatic heterocycles. The van der Waals surface area contributed by atoms with Crippen molar-refractivity contribution in [3.05, 3.63) is 59.0 Å². The van der Waals surface area contributed by atoms with Crippen LogP contribution in [0.2, 0.25) is 5.02 Å². The molecule has 26 heteroatoms. The number of amides is 1. The van der Waals surface area contributed by atoms with Gasteiger partial charge < -0.3 is 21.3 Å². The van der Waals surface area contributed by atoms with Gasteiger partial charge in [0.1, 0.15) is 5.02 Å². The first kappa shape index (κ1) is 46.0. The molecule has 2 aliphatic heterocycles. The second kappa shape index (κ2) is 18.7. The van der Waals surface area contributed by atoms with Gasteiger partial charge in [-0.25, -0.2) is 4.98 Å². The maximum absolute atomic E-state index is 12.7. The van der Waals surface area contributed by atoms with Crippen LogP contribution in [0.1, 0.15) is 11.1 Å². The number of aryl methyl sites for hydroxylation is 2. The van der Waals surface area contributed by atoms with Crippen molar-refractivity contribution in [2.45, 2.75) is 37.5 Å². The Kier molecular flexibility index (Phi) is 15.1. The number of hydrogen-bond donors (Lipinski definition) is 4. The largest absolute Gasteiger partial charge is 0.458 e. The zero-order valence-corrected chi connectivity index (χ0v) is 29.0. The van der Waals surface area contributed by atoms with Crippen LogP contribution in [0.15, 0.2) is 42.9 Å². The summed E-state index contributed by atoms with van der Waals surface area (Å²) in [6, 6.07) is 7.90. The second-order valence-electron chi connectivity index (χ2n) is 11.5. The number of pyridine rings is 1. The molecule has 1 fully saturated rings. The van der Waals surface area contributed by atoms with Crippen molar-refractivity contribution < 1.29 is 76.7 Å². The van der Waals surface area contributed by atoms with Crippen molar-refractivity contribution in [1.82, 2.24) is 25.2 Å². The van der Waals surface area contributed by atoms with Gasteiger partial charge in [-0.3, -0.25) is 33.9 Å². The van der Waals surface area contributed by atoms with Gasteiger partial charge in [0.25, 0.3) is 0 Å². The first-order chi connectivity index (χ1) is 26.3. The lowest BCUT2D eigenvalue weighted by atomic mass is 10.0. The summed E-state index contributed by atoms with van der Waals surface area (Å²) in [4.78, 5) is 66.5. The van der Waals surface area contributed by atoms with Crippen molar-refractivity contribution in [3.63, 3.8) is 0 Å². The van der Waals surface area contributed by atoms with Gasteiger partial charge in [-0.15, -0.1) is 0 Å². The molecule has 1 amide bonds. The van der Waals surface area contributed by atoms with Crippen molar-refractivity contribution >= 4 is 69.5 Å². The van der Waals surface area contributed by atoms with E-state index in [0.29, 0.717) is 23.3 Å². The smallest absolute Gasteiger partial charge is 0.339 e. The van der Waals surface area contributed by atoms with E-state index in [2.05, 4.69) is 41.1 Å². The summed E-state index contributed by atoms with van der Waals surface area (Å²) >= 11 is 6.33. The highest BCUT2D eigenvalue weighted by Crippen LogP contribution is 2.30. The highest BCUT2D eigenvalue weighted by molar-refractivity contribution is 6.41. The van der Waals surface area contributed by atoms with Crippen LogP contribution in [-0.2, 0) is 36.8 Å². The number of Topliss-reactive ketones (excluding diaryl/α,β-unsaturated/α-hetero) is 4. The van der Waals surface area contributed by atoms with Gasteiger partial charge in [0.05, 0.1) is 24.6 Å². The molecule has 2 aliphatic rings. The van der Waals surface area contributed by atoms with Crippen molar-refractivity contribution in [3.8, 4) is 0 Å². The van der Waals surface area contributed by atoms with Gasteiger partial charge in [0.15, 0.2) is 5.82 Å². The van der Waals surface area contributed by atoms with E-state index in [-0.39, 0.29) is 5.91 Å². The molecule has 13 nitrogen and oxygen atoms in total. The molecule has 310 valence electrons. The van der Waals surface area contributed by atoms with E-state index >= 15 is 0 Å². The normalized spacial score (nSPS) is 14.5. The van der Waals surface area contributed by atoms with Crippen LogP contribution >= 0.6 is 11.6 Å². The van der Waals surface area contributed by atoms with Crippen LogP contribution in [0.4, 0.5) is 81.5 Å². The number of ketones is 4. The van der Waals surface area contributed by atoms with Gasteiger partial charge in [0.2, 0.25) is 11.9 Å². The Morgan fingerprint density at radius 3 is 1.77 bits per heavy atom. The molecule has 6 bridgehead atoms. The Hall–Kier alpha value is -5.43. The topological polar surface area (TPSA) is 175 Å². The number of alkyl halides is 12. The highest BCUT2D eigenvalue weighted by Gasteiger charge is 2.55. The van der Waals surface area contributed by atoms with E-state index in [0.717, 1.165) is 67.2 Å². The van der Waals surface area contributed by atoms with Gasteiger partial charge in [-0.05, 0) is 48.2 Å². The lowest BCUT2D eigenvalue weighted by Gasteiger charge is -2.26. The van der Waals surface area contributed by atoms with Gasteiger partial charge in [-0.2, -0.15) is 57.7 Å². The molecule has 0 aliphatic carbocycles. The standard InChI is InChI=1S/C23H25ClN8O.2C4F6O2/c24-19-13-27-23-29-18-9-15(11-26-12-18)1-2-16-10-17(28-22(19)31-23)3-4-20(16)30-21(33)14-32-7-5-25-6-8-32;2*5-3(6,7)1(11)2(12)4(8,9)10/h3-4,9-13,25H,1-2,5-8,14H2,(H,30,33)(H2,27,28,29,31);;. The fourth-order valence-corrected chi connectivity index (χ4v) is 4.67. The van der Waals surface area contributed by atoms with Gasteiger partial charge in [-0.1, -0.05) is 11.6 Å². The molecule has 1 aromatic carbocycles. The molecule has 0 unspecified atom stereocenters. The zero-order valence-electron chi connectivity index (χ0n) is 28.2.